The summed E-state index contributed by atoms with van der Waals surface area (Å²) in [5.74, 6) is 1.11. The molecule has 0 unspecified atom stereocenters. The van der Waals surface area contributed by atoms with Crippen LogP contribution in [0.4, 0.5) is 5.82 Å². The minimum Gasteiger partial charge on any atom is -0.354 e. The molecule has 0 radical (unpaired) electrons. The molecule has 1 fully saturated rings. The number of aryl methyl sites for hydroxylation is 2. The summed E-state index contributed by atoms with van der Waals surface area (Å²) in [4.78, 5) is 9.79. The summed E-state index contributed by atoms with van der Waals surface area (Å²) in [5.41, 5.74) is 9.29. The quantitative estimate of drug-likeness (QED) is 0.941. The van der Waals surface area contributed by atoms with Crippen molar-refractivity contribution in [2.24, 2.45) is 5.73 Å². The van der Waals surface area contributed by atoms with Crippen LogP contribution in [-0.2, 0) is 0 Å². The Kier molecular flexibility index (Phi) is 4.60. The molecule has 4 nitrogen and oxygen atoms in total. The highest BCUT2D eigenvalue weighted by Gasteiger charge is 2.17. The third kappa shape index (κ3) is 3.23. The molecule has 0 atom stereocenters. The lowest BCUT2D eigenvalue weighted by Crippen LogP contribution is -2.47. The van der Waals surface area contributed by atoms with Gasteiger partial charge in [-0.15, -0.1) is 0 Å². The van der Waals surface area contributed by atoms with Crippen molar-refractivity contribution in [1.82, 2.24) is 9.88 Å². The van der Waals surface area contributed by atoms with E-state index in [1.54, 1.807) is 0 Å². The molecule has 1 aromatic heterocycles. The molecule has 4 heteroatoms. The van der Waals surface area contributed by atoms with Gasteiger partial charge in [-0.2, -0.15) is 0 Å². The first-order valence-corrected chi connectivity index (χ1v) is 8.23. The second-order valence-electron chi connectivity index (χ2n) is 6.29. The monoisotopic (exact) mass is 298 g/mol. The van der Waals surface area contributed by atoms with Crippen LogP contribution in [0.3, 0.4) is 0 Å². The number of nitrogens with zero attached hydrogens (tertiary/aromatic N) is 3. The van der Waals surface area contributed by atoms with Crippen molar-refractivity contribution in [2.45, 2.75) is 20.3 Å². The number of rotatable bonds is 4. The molecule has 118 valence electrons. The molecule has 2 N–H and O–H groups in total. The van der Waals surface area contributed by atoms with Crippen LogP contribution < -0.4 is 10.6 Å². The summed E-state index contributed by atoms with van der Waals surface area (Å²) >= 11 is 0. The maximum Gasteiger partial charge on any atom is 0.129 e. The number of pyridine rings is 1. The maximum atomic E-state index is 5.59. The van der Waals surface area contributed by atoms with E-state index in [1.165, 1.54) is 16.5 Å². The fraction of sp³-hybridized carbons (Fsp3) is 0.500. The van der Waals surface area contributed by atoms with Gasteiger partial charge in [-0.1, -0.05) is 6.07 Å². The summed E-state index contributed by atoms with van der Waals surface area (Å²) in [6.07, 6.45) is 1.09. The van der Waals surface area contributed by atoms with Gasteiger partial charge in [0.15, 0.2) is 0 Å². The molecular weight excluding hydrogens is 272 g/mol. The van der Waals surface area contributed by atoms with Gasteiger partial charge in [-0.3, -0.25) is 4.90 Å². The van der Waals surface area contributed by atoms with E-state index in [0.717, 1.165) is 57.0 Å². The minimum atomic E-state index is 0.783. The van der Waals surface area contributed by atoms with Gasteiger partial charge in [-0.05, 0) is 62.7 Å². The van der Waals surface area contributed by atoms with E-state index in [0.29, 0.717) is 0 Å². The smallest absolute Gasteiger partial charge is 0.129 e. The van der Waals surface area contributed by atoms with Crippen LogP contribution in [0.1, 0.15) is 17.5 Å². The zero-order valence-electron chi connectivity index (χ0n) is 13.7. The average Bonchev–Trinajstić information content (AvgIpc) is 2.52. The molecule has 0 spiro atoms. The molecule has 2 heterocycles. The Hall–Kier alpha value is -1.65. The van der Waals surface area contributed by atoms with Crippen LogP contribution in [0, 0.1) is 13.8 Å². The summed E-state index contributed by atoms with van der Waals surface area (Å²) in [6.45, 7) is 10.5. The van der Waals surface area contributed by atoms with Gasteiger partial charge >= 0.3 is 0 Å². The van der Waals surface area contributed by atoms with Crippen molar-refractivity contribution >= 4 is 16.7 Å². The highest BCUT2D eigenvalue weighted by Crippen LogP contribution is 2.23. The molecular formula is C18H26N4. The predicted octanol–water partition coefficient (Wildman–Crippen LogP) is 2.32. The Morgan fingerprint density at radius 1 is 1.09 bits per heavy atom. The highest BCUT2D eigenvalue weighted by atomic mass is 15.3. The standard InChI is InChI=1S/C18H26N4/c1-14-12-15(2)16-4-5-18(20-17(16)13-14)22-10-8-21(9-11-22)7-3-6-19/h4-5,12-13H,3,6-11,19H2,1-2H3. The van der Waals surface area contributed by atoms with E-state index in [2.05, 4.69) is 47.9 Å². The number of benzene rings is 1. The van der Waals surface area contributed by atoms with Crippen molar-refractivity contribution < 1.29 is 0 Å². The van der Waals surface area contributed by atoms with E-state index in [-0.39, 0.29) is 0 Å². The normalized spacial score (nSPS) is 16.4. The molecule has 1 aromatic carbocycles. The van der Waals surface area contributed by atoms with Gasteiger partial charge in [0.05, 0.1) is 5.52 Å². The number of hydrogen-bond acceptors (Lipinski definition) is 4. The number of piperazine rings is 1. The first-order chi connectivity index (χ1) is 10.7. The average molecular weight is 298 g/mol. The molecule has 0 saturated carbocycles. The number of aromatic nitrogens is 1. The molecule has 1 saturated heterocycles. The Bertz CT molecular complexity index is 645. The zero-order chi connectivity index (χ0) is 15.5. The Morgan fingerprint density at radius 2 is 1.86 bits per heavy atom. The fourth-order valence-electron chi connectivity index (χ4n) is 3.28. The summed E-state index contributed by atoms with van der Waals surface area (Å²) in [7, 11) is 0. The van der Waals surface area contributed by atoms with Gasteiger partial charge in [-0.25, -0.2) is 4.98 Å². The van der Waals surface area contributed by atoms with Crippen molar-refractivity contribution in [3.8, 4) is 0 Å². The van der Waals surface area contributed by atoms with E-state index in [1.807, 2.05) is 0 Å². The lowest BCUT2D eigenvalue weighted by molar-refractivity contribution is 0.256. The van der Waals surface area contributed by atoms with Crippen LogP contribution in [0.25, 0.3) is 10.9 Å². The van der Waals surface area contributed by atoms with Crippen LogP contribution >= 0.6 is 0 Å². The van der Waals surface area contributed by atoms with Crippen LogP contribution in [-0.4, -0.2) is 49.2 Å². The van der Waals surface area contributed by atoms with E-state index in [4.69, 9.17) is 10.7 Å². The number of hydrogen-bond donors (Lipinski definition) is 1. The lowest BCUT2D eigenvalue weighted by Gasteiger charge is -2.35. The molecule has 1 aliphatic rings. The van der Waals surface area contributed by atoms with Gasteiger partial charge in [0.1, 0.15) is 5.82 Å². The molecule has 0 bridgehead atoms. The molecule has 0 aliphatic carbocycles. The summed E-state index contributed by atoms with van der Waals surface area (Å²) < 4.78 is 0. The van der Waals surface area contributed by atoms with Crippen molar-refractivity contribution in [3.63, 3.8) is 0 Å². The molecule has 3 rings (SSSR count). The van der Waals surface area contributed by atoms with E-state index < -0.39 is 0 Å². The van der Waals surface area contributed by atoms with E-state index in [9.17, 15) is 0 Å². The van der Waals surface area contributed by atoms with Gasteiger partial charge in [0.2, 0.25) is 0 Å². The zero-order valence-corrected chi connectivity index (χ0v) is 13.7. The van der Waals surface area contributed by atoms with Crippen LogP contribution in [0.5, 0.6) is 0 Å². The number of nitrogens with two attached hydrogens (primary N) is 1. The lowest BCUT2D eigenvalue weighted by atomic mass is 10.1. The number of anilines is 1. The van der Waals surface area contributed by atoms with Gasteiger partial charge in [0.25, 0.3) is 0 Å². The predicted molar refractivity (Wildman–Crippen MR) is 93.5 cm³/mol. The molecule has 0 amide bonds. The van der Waals surface area contributed by atoms with E-state index >= 15 is 0 Å². The SMILES string of the molecule is Cc1cc(C)c2ccc(N3CCN(CCCN)CC3)nc2c1. The number of fused-ring (bicyclic) bond motifs is 1. The third-order valence-electron chi connectivity index (χ3n) is 4.52. The van der Waals surface area contributed by atoms with Crippen molar-refractivity contribution in [3.05, 3.63) is 35.4 Å². The van der Waals surface area contributed by atoms with Gasteiger partial charge in [0, 0.05) is 31.6 Å². The summed E-state index contributed by atoms with van der Waals surface area (Å²) in [6, 6.07) is 8.79. The topological polar surface area (TPSA) is 45.4 Å². The van der Waals surface area contributed by atoms with Crippen molar-refractivity contribution in [2.75, 3.05) is 44.2 Å². The Morgan fingerprint density at radius 3 is 2.59 bits per heavy atom. The Balaban J connectivity index is 1.74. The first kappa shape index (κ1) is 15.3. The largest absolute Gasteiger partial charge is 0.354 e. The van der Waals surface area contributed by atoms with Gasteiger partial charge < -0.3 is 10.6 Å². The fourth-order valence-corrected chi connectivity index (χ4v) is 3.28. The van der Waals surface area contributed by atoms with Crippen LogP contribution in [0.15, 0.2) is 24.3 Å². The molecule has 22 heavy (non-hydrogen) atoms. The summed E-state index contributed by atoms with van der Waals surface area (Å²) in [5, 5.41) is 1.26. The third-order valence-corrected chi connectivity index (χ3v) is 4.52. The maximum absolute atomic E-state index is 5.59. The Labute approximate surface area is 132 Å². The highest BCUT2D eigenvalue weighted by molar-refractivity contribution is 5.84. The molecule has 1 aliphatic heterocycles. The second-order valence-corrected chi connectivity index (χ2v) is 6.29. The second kappa shape index (κ2) is 6.63. The molecule has 2 aromatic rings. The van der Waals surface area contributed by atoms with Crippen LogP contribution in [0.2, 0.25) is 0 Å². The first-order valence-electron chi connectivity index (χ1n) is 8.23. The van der Waals surface area contributed by atoms with Crippen molar-refractivity contribution in [1.29, 1.82) is 0 Å². The minimum absolute atomic E-state index is 0.783.